The zero-order valence-electron chi connectivity index (χ0n) is 7.09. The number of carbonyl (C=O) groups is 1. The Balaban J connectivity index is 3.32. The van der Waals surface area contributed by atoms with Gasteiger partial charge >= 0.3 is 5.97 Å². The fraction of sp³-hybridized carbons (Fsp3) is 0.625. The van der Waals surface area contributed by atoms with E-state index in [2.05, 4.69) is 17.0 Å². The van der Waals surface area contributed by atoms with Gasteiger partial charge in [-0.3, -0.25) is 0 Å². The van der Waals surface area contributed by atoms with Crippen LogP contribution in [0.4, 0.5) is 0 Å². The molecule has 0 bridgehead atoms. The standard InChI is InChI=1S/C8H15NO2/c1-3-6-9-7-5-8(10)11-4-2/h5,7,9H,3-4,6H2,1-2H3. The predicted octanol–water partition coefficient (Wildman–Crippen LogP) is 1.06. The van der Waals surface area contributed by atoms with E-state index in [4.69, 9.17) is 0 Å². The van der Waals surface area contributed by atoms with E-state index < -0.39 is 0 Å². The van der Waals surface area contributed by atoms with Gasteiger partial charge < -0.3 is 10.1 Å². The number of carbonyl (C=O) groups excluding carboxylic acids is 1. The Kier molecular flexibility index (Phi) is 6.48. The Bertz CT molecular complexity index is 132. The van der Waals surface area contributed by atoms with E-state index in [1.807, 2.05) is 0 Å². The zero-order valence-corrected chi connectivity index (χ0v) is 7.09. The van der Waals surface area contributed by atoms with Gasteiger partial charge in [-0.2, -0.15) is 0 Å². The van der Waals surface area contributed by atoms with Crippen molar-refractivity contribution in [1.82, 2.24) is 5.32 Å². The van der Waals surface area contributed by atoms with E-state index in [0.29, 0.717) is 6.61 Å². The molecule has 3 heteroatoms. The van der Waals surface area contributed by atoms with Crippen LogP contribution in [-0.4, -0.2) is 19.1 Å². The molecule has 0 saturated heterocycles. The highest BCUT2D eigenvalue weighted by Gasteiger charge is 1.90. The molecule has 0 spiro atoms. The summed E-state index contributed by atoms with van der Waals surface area (Å²) in [4.78, 5) is 10.7. The third-order valence-electron chi connectivity index (χ3n) is 1.02. The van der Waals surface area contributed by atoms with Crippen LogP contribution in [-0.2, 0) is 9.53 Å². The van der Waals surface area contributed by atoms with Crippen LogP contribution in [0, 0.1) is 0 Å². The van der Waals surface area contributed by atoms with Crippen molar-refractivity contribution in [3.63, 3.8) is 0 Å². The molecule has 0 aliphatic heterocycles. The molecular weight excluding hydrogens is 142 g/mol. The molecule has 0 aliphatic rings. The number of nitrogens with one attached hydrogen (secondary N) is 1. The highest BCUT2D eigenvalue weighted by Crippen LogP contribution is 1.79. The van der Waals surface area contributed by atoms with E-state index in [9.17, 15) is 4.79 Å². The molecule has 0 heterocycles. The topological polar surface area (TPSA) is 38.3 Å². The van der Waals surface area contributed by atoms with E-state index in [-0.39, 0.29) is 5.97 Å². The van der Waals surface area contributed by atoms with Gasteiger partial charge in [-0.1, -0.05) is 6.92 Å². The Morgan fingerprint density at radius 2 is 2.27 bits per heavy atom. The zero-order chi connectivity index (χ0) is 8.53. The van der Waals surface area contributed by atoms with E-state index in [0.717, 1.165) is 13.0 Å². The molecule has 3 nitrogen and oxygen atoms in total. The van der Waals surface area contributed by atoms with Crippen molar-refractivity contribution in [2.75, 3.05) is 13.2 Å². The van der Waals surface area contributed by atoms with Gasteiger partial charge in [0.05, 0.1) is 6.61 Å². The van der Waals surface area contributed by atoms with Crippen LogP contribution in [0.15, 0.2) is 12.3 Å². The summed E-state index contributed by atoms with van der Waals surface area (Å²) >= 11 is 0. The quantitative estimate of drug-likeness (QED) is 0.368. The SMILES string of the molecule is CCCNC=CC(=O)OCC. The largest absolute Gasteiger partial charge is 0.463 e. The second kappa shape index (κ2) is 7.12. The van der Waals surface area contributed by atoms with Crippen LogP contribution in [0.1, 0.15) is 20.3 Å². The third-order valence-corrected chi connectivity index (χ3v) is 1.02. The monoisotopic (exact) mass is 157 g/mol. The first-order valence-corrected chi connectivity index (χ1v) is 3.88. The molecule has 0 radical (unpaired) electrons. The minimum atomic E-state index is -0.295. The molecule has 64 valence electrons. The summed E-state index contributed by atoms with van der Waals surface area (Å²) in [7, 11) is 0. The molecule has 0 amide bonds. The minimum Gasteiger partial charge on any atom is -0.463 e. The van der Waals surface area contributed by atoms with Gasteiger partial charge in [-0.15, -0.1) is 0 Å². The molecular formula is C8H15NO2. The fourth-order valence-electron chi connectivity index (χ4n) is 0.545. The summed E-state index contributed by atoms with van der Waals surface area (Å²) in [5, 5.41) is 2.94. The fourth-order valence-corrected chi connectivity index (χ4v) is 0.545. The van der Waals surface area contributed by atoms with Gasteiger partial charge in [0, 0.05) is 18.8 Å². The molecule has 1 N–H and O–H groups in total. The van der Waals surface area contributed by atoms with Gasteiger partial charge in [0.1, 0.15) is 0 Å². The summed E-state index contributed by atoms with van der Waals surface area (Å²) in [6, 6.07) is 0. The smallest absolute Gasteiger partial charge is 0.332 e. The molecule has 0 unspecified atom stereocenters. The lowest BCUT2D eigenvalue weighted by molar-refractivity contribution is -0.137. The van der Waals surface area contributed by atoms with Crippen LogP contribution in [0.2, 0.25) is 0 Å². The Morgan fingerprint density at radius 3 is 2.82 bits per heavy atom. The lowest BCUT2D eigenvalue weighted by Crippen LogP contribution is -2.07. The second-order valence-corrected chi connectivity index (χ2v) is 2.04. The Morgan fingerprint density at radius 1 is 1.55 bits per heavy atom. The molecule has 0 saturated carbocycles. The number of hydrogen-bond acceptors (Lipinski definition) is 3. The van der Waals surface area contributed by atoms with Crippen molar-refractivity contribution in [1.29, 1.82) is 0 Å². The Hall–Kier alpha value is -0.990. The minimum absolute atomic E-state index is 0.295. The van der Waals surface area contributed by atoms with Crippen LogP contribution < -0.4 is 5.32 Å². The van der Waals surface area contributed by atoms with Gasteiger partial charge in [-0.05, 0) is 13.3 Å². The summed E-state index contributed by atoms with van der Waals surface area (Å²) < 4.78 is 4.66. The number of hydrogen-bond donors (Lipinski definition) is 1. The van der Waals surface area contributed by atoms with Crippen molar-refractivity contribution in [2.24, 2.45) is 0 Å². The predicted molar refractivity (Wildman–Crippen MR) is 44.1 cm³/mol. The number of esters is 1. The molecule has 0 aromatic carbocycles. The average Bonchev–Trinajstić information content (AvgIpc) is 1.99. The summed E-state index contributed by atoms with van der Waals surface area (Å²) in [5.74, 6) is -0.295. The van der Waals surface area contributed by atoms with Crippen molar-refractivity contribution in [2.45, 2.75) is 20.3 Å². The highest BCUT2D eigenvalue weighted by molar-refractivity contribution is 5.81. The Labute approximate surface area is 67.4 Å². The number of rotatable bonds is 5. The van der Waals surface area contributed by atoms with E-state index >= 15 is 0 Å². The molecule has 0 aliphatic carbocycles. The lowest BCUT2D eigenvalue weighted by Gasteiger charge is -1.96. The van der Waals surface area contributed by atoms with E-state index in [1.165, 1.54) is 6.08 Å². The van der Waals surface area contributed by atoms with Crippen LogP contribution in [0.5, 0.6) is 0 Å². The van der Waals surface area contributed by atoms with Gasteiger partial charge in [-0.25, -0.2) is 4.79 Å². The van der Waals surface area contributed by atoms with Crippen molar-refractivity contribution in [3.8, 4) is 0 Å². The molecule has 11 heavy (non-hydrogen) atoms. The first-order valence-electron chi connectivity index (χ1n) is 3.88. The molecule has 0 fully saturated rings. The summed E-state index contributed by atoms with van der Waals surface area (Å²) in [6.45, 7) is 5.16. The van der Waals surface area contributed by atoms with Gasteiger partial charge in [0.2, 0.25) is 0 Å². The van der Waals surface area contributed by atoms with Gasteiger partial charge in [0.15, 0.2) is 0 Å². The number of ether oxygens (including phenoxy) is 1. The van der Waals surface area contributed by atoms with Crippen molar-refractivity contribution >= 4 is 5.97 Å². The second-order valence-electron chi connectivity index (χ2n) is 2.04. The first kappa shape index (κ1) is 10.0. The maximum absolute atomic E-state index is 10.7. The molecule has 0 rings (SSSR count). The van der Waals surface area contributed by atoms with Crippen LogP contribution in [0.3, 0.4) is 0 Å². The average molecular weight is 157 g/mol. The van der Waals surface area contributed by atoms with Gasteiger partial charge in [0.25, 0.3) is 0 Å². The highest BCUT2D eigenvalue weighted by atomic mass is 16.5. The molecule has 0 aromatic heterocycles. The molecule has 0 aromatic rings. The third kappa shape index (κ3) is 6.90. The first-order chi connectivity index (χ1) is 5.31. The van der Waals surface area contributed by atoms with Crippen LogP contribution in [0.25, 0.3) is 0 Å². The molecule has 0 atom stereocenters. The summed E-state index contributed by atoms with van der Waals surface area (Å²) in [5.41, 5.74) is 0. The maximum atomic E-state index is 10.7. The van der Waals surface area contributed by atoms with Crippen molar-refractivity contribution in [3.05, 3.63) is 12.3 Å². The van der Waals surface area contributed by atoms with E-state index in [1.54, 1.807) is 13.1 Å². The maximum Gasteiger partial charge on any atom is 0.332 e. The lowest BCUT2D eigenvalue weighted by atomic mass is 10.5. The van der Waals surface area contributed by atoms with Crippen LogP contribution >= 0.6 is 0 Å². The summed E-state index contributed by atoms with van der Waals surface area (Å²) in [6.07, 6.45) is 4.05. The normalized spacial score (nSPS) is 10.0. The van der Waals surface area contributed by atoms with Crippen molar-refractivity contribution < 1.29 is 9.53 Å².